The fourth-order valence-corrected chi connectivity index (χ4v) is 3.50. The number of hydrogen-bond donors (Lipinski definition) is 1. The van der Waals surface area contributed by atoms with E-state index in [0.717, 1.165) is 22.4 Å². The van der Waals surface area contributed by atoms with E-state index in [2.05, 4.69) is 20.8 Å². The minimum atomic E-state index is -0.0916. The molecular formula is C18H18ClN5OS. The number of carbonyl (C=O) groups is 1. The number of aryl methyl sites for hydroxylation is 2. The minimum absolute atomic E-state index is 0.0916. The van der Waals surface area contributed by atoms with Gasteiger partial charge in [-0.15, -0.1) is 5.10 Å². The molecule has 0 bridgehead atoms. The van der Waals surface area contributed by atoms with E-state index in [1.807, 2.05) is 50.2 Å². The first kappa shape index (κ1) is 18.4. The monoisotopic (exact) mass is 387 g/mol. The number of tetrazole rings is 1. The maximum absolute atomic E-state index is 12.1. The smallest absolute Gasteiger partial charge is 0.230 e. The Morgan fingerprint density at radius 2 is 1.92 bits per heavy atom. The SMILES string of the molecule is Cc1cccc(C)c1-n1nnnc1SCC(=O)NCc1cccc(Cl)c1. The first-order chi connectivity index (χ1) is 12.5. The van der Waals surface area contributed by atoms with Gasteiger partial charge in [0.05, 0.1) is 11.4 Å². The number of nitrogens with one attached hydrogen (secondary N) is 1. The number of para-hydroxylation sites is 1. The van der Waals surface area contributed by atoms with Gasteiger partial charge in [0.2, 0.25) is 11.1 Å². The van der Waals surface area contributed by atoms with Gasteiger partial charge in [-0.05, 0) is 53.1 Å². The Balaban J connectivity index is 1.62. The molecule has 0 spiro atoms. The normalized spacial score (nSPS) is 10.7. The van der Waals surface area contributed by atoms with Crippen LogP contribution in [-0.4, -0.2) is 31.9 Å². The second-order valence-corrected chi connectivity index (χ2v) is 7.19. The van der Waals surface area contributed by atoms with Crippen LogP contribution >= 0.6 is 23.4 Å². The zero-order valence-corrected chi connectivity index (χ0v) is 16.0. The first-order valence-corrected chi connectivity index (χ1v) is 9.40. The van der Waals surface area contributed by atoms with Crippen molar-refractivity contribution in [2.75, 3.05) is 5.75 Å². The fourth-order valence-electron chi connectivity index (χ4n) is 2.58. The summed E-state index contributed by atoms with van der Waals surface area (Å²) in [5.74, 6) is 0.136. The van der Waals surface area contributed by atoms with Crippen molar-refractivity contribution >= 4 is 29.3 Å². The third kappa shape index (κ3) is 4.42. The molecule has 1 heterocycles. The van der Waals surface area contributed by atoms with E-state index in [1.165, 1.54) is 11.8 Å². The lowest BCUT2D eigenvalue weighted by Gasteiger charge is -2.10. The predicted octanol–water partition coefficient (Wildman–Crippen LogP) is 3.34. The maximum atomic E-state index is 12.1. The third-order valence-electron chi connectivity index (χ3n) is 3.80. The molecule has 1 N–H and O–H groups in total. The van der Waals surface area contributed by atoms with Crippen molar-refractivity contribution in [2.24, 2.45) is 0 Å². The highest BCUT2D eigenvalue weighted by Crippen LogP contribution is 2.23. The van der Waals surface area contributed by atoms with Gasteiger partial charge in [0.1, 0.15) is 0 Å². The quantitative estimate of drug-likeness (QED) is 0.657. The van der Waals surface area contributed by atoms with Crippen LogP contribution in [0.25, 0.3) is 5.69 Å². The molecule has 6 nitrogen and oxygen atoms in total. The van der Waals surface area contributed by atoms with Gasteiger partial charge in [-0.25, -0.2) is 0 Å². The standard InChI is InChI=1S/C18H18ClN5OS/c1-12-5-3-6-13(2)17(12)24-18(21-22-23-24)26-11-16(25)20-10-14-7-4-8-15(19)9-14/h3-9H,10-11H2,1-2H3,(H,20,25). The molecule has 0 aliphatic heterocycles. The lowest BCUT2D eigenvalue weighted by atomic mass is 10.1. The maximum Gasteiger partial charge on any atom is 0.230 e. The van der Waals surface area contributed by atoms with Gasteiger partial charge < -0.3 is 5.32 Å². The zero-order chi connectivity index (χ0) is 18.5. The highest BCUT2D eigenvalue weighted by atomic mass is 35.5. The minimum Gasteiger partial charge on any atom is -0.351 e. The number of amides is 1. The van der Waals surface area contributed by atoms with E-state index in [9.17, 15) is 4.79 Å². The Bertz CT molecular complexity index is 907. The van der Waals surface area contributed by atoms with Crippen molar-refractivity contribution in [1.82, 2.24) is 25.5 Å². The largest absolute Gasteiger partial charge is 0.351 e. The summed E-state index contributed by atoms with van der Waals surface area (Å²) in [5, 5.41) is 16.0. The van der Waals surface area contributed by atoms with Crippen LogP contribution in [0.15, 0.2) is 47.6 Å². The number of benzene rings is 2. The van der Waals surface area contributed by atoms with Gasteiger partial charge >= 0.3 is 0 Å². The zero-order valence-electron chi connectivity index (χ0n) is 14.4. The average molecular weight is 388 g/mol. The predicted molar refractivity (Wildman–Crippen MR) is 103 cm³/mol. The number of rotatable bonds is 6. The summed E-state index contributed by atoms with van der Waals surface area (Å²) < 4.78 is 1.68. The van der Waals surface area contributed by atoms with Crippen LogP contribution in [0.1, 0.15) is 16.7 Å². The summed E-state index contributed by atoms with van der Waals surface area (Å²) in [6.45, 7) is 4.45. The molecule has 0 atom stereocenters. The van der Waals surface area contributed by atoms with Crippen LogP contribution in [0.5, 0.6) is 0 Å². The van der Waals surface area contributed by atoms with Gasteiger partial charge in [0, 0.05) is 11.6 Å². The van der Waals surface area contributed by atoms with E-state index >= 15 is 0 Å². The summed E-state index contributed by atoms with van der Waals surface area (Å²) in [5.41, 5.74) is 4.05. The van der Waals surface area contributed by atoms with Crippen molar-refractivity contribution in [2.45, 2.75) is 25.5 Å². The van der Waals surface area contributed by atoms with Crippen molar-refractivity contribution < 1.29 is 4.79 Å². The van der Waals surface area contributed by atoms with Crippen molar-refractivity contribution in [1.29, 1.82) is 0 Å². The van der Waals surface area contributed by atoms with Crippen LogP contribution in [0.3, 0.4) is 0 Å². The number of hydrogen-bond acceptors (Lipinski definition) is 5. The topological polar surface area (TPSA) is 72.7 Å². The molecule has 3 aromatic rings. The fraction of sp³-hybridized carbons (Fsp3) is 0.222. The van der Waals surface area contributed by atoms with E-state index in [-0.39, 0.29) is 11.7 Å². The number of nitrogens with zero attached hydrogens (tertiary/aromatic N) is 4. The molecule has 8 heteroatoms. The third-order valence-corrected chi connectivity index (χ3v) is 4.96. The van der Waals surface area contributed by atoms with Crippen molar-refractivity contribution in [3.05, 3.63) is 64.2 Å². The molecule has 0 aliphatic rings. The molecule has 0 radical (unpaired) electrons. The Labute approximate surface area is 160 Å². The summed E-state index contributed by atoms with van der Waals surface area (Å²) in [6.07, 6.45) is 0. The van der Waals surface area contributed by atoms with Gasteiger partial charge in [-0.2, -0.15) is 4.68 Å². The van der Waals surface area contributed by atoms with E-state index in [4.69, 9.17) is 11.6 Å². The second kappa shape index (κ2) is 8.33. The Kier molecular flexibility index (Phi) is 5.90. The summed E-state index contributed by atoms with van der Waals surface area (Å²) in [6, 6.07) is 13.4. The Hall–Kier alpha value is -2.38. The van der Waals surface area contributed by atoms with Gasteiger partial charge in [0.15, 0.2) is 0 Å². The van der Waals surface area contributed by atoms with Crippen molar-refractivity contribution in [3.8, 4) is 5.69 Å². The molecule has 0 saturated carbocycles. The van der Waals surface area contributed by atoms with Crippen LogP contribution in [0, 0.1) is 13.8 Å². The first-order valence-electron chi connectivity index (χ1n) is 8.03. The van der Waals surface area contributed by atoms with Gasteiger partial charge in [-0.3, -0.25) is 4.79 Å². The summed E-state index contributed by atoms with van der Waals surface area (Å²) in [7, 11) is 0. The Morgan fingerprint density at radius 1 is 1.19 bits per heavy atom. The van der Waals surface area contributed by atoms with E-state index in [0.29, 0.717) is 16.7 Å². The van der Waals surface area contributed by atoms with E-state index in [1.54, 1.807) is 10.7 Å². The van der Waals surface area contributed by atoms with Gasteiger partial charge in [-0.1, -0.05) is 53.7 Å². The number of aromatic nitrogens is 4. The molecular weight excluding hydrogens is 370 g/mol. The summed E-state index contributed by atoms with van der Waals surface area (Å²) >= 11 is 7.25. The Morgan fingerprint density at radius 3 is 2.65 bits per heavy atom. The number of thioether (sulfide) groups is 1. The summed E-state index contributed by atoms with van der Waals surface area (Å²) in [4.78, 5) is 12.1. The molecule has 0 saturated heterocycles. The molecule has 2 aromatic carbocycles. The molecule has 1 amide bonds. The molecule has 134 valence electrons. The molecule has 3 rings (SSSR count). The van der Waals surface area contributed by atoms with Crippen molar-refractivity contribution in [3.63, 3.8) is 0 Å². The van der Waals surface area contributed by atoms with E-state index < -0.39 is 0 Å². The molecule has 1 aromatic heterocycles. The lowest BCUT2D eigenvalue weighted by Crippen LogP contribution is -2.24. The lowest BCUT2D eigenvalue weighted by molar-refractivity contribution is -0.118. The molecule has 0 fully saturated rings. The van der Waals surface area contributed by atoms with Crippen LogP contribution in [0.2, 0.25) is 5.02 Å². The van der Waals surface area contributed by atoms with Crippen LogP contribution in [0.4, 0.5) is 0 Å². The highest BCUT2D eigenvalue weighted by Gasteiger charge is 2.14. The highest BCUT2D eigenvalue weighted by molar-refractivity contribution is 7.99. The second-order valence-electron chi connectivity index (χ2n) is 5.81. The van der Waals surface area contributed by atoms with Crippen LogP contribution < -0.4 is 5.32 Å². The van der Waals surface area contributed by atoms with Gasteiger partial charge in [0.25, 0.3) is 0 Å². The molecule has 0 aliphatic carbocycles. The number of halogens is 1. The van der Waals surface area contributed by atoms with Crippen LogP contribution in [-0.2, 0) is 11.3 Å². The number of carbonyl (C=O) groups excluding carboxylic acids is 1. The molecule has 26 heavy (non-hydrogen) atoms. The molecule has 0 unspecified atom stereocenters. The average Bonchev–Trinajstić information content (AvgIpc) is 3.06.